The van der Waals surface area contributed by atoms with Gasteiger partial charge in [0.15, 0.2) is 0 Å². The number of primary amides is 1. The lowest BCUT2D eigenvalue weighted by Gasteiger charge is -1.98. The molecule has 1 aromatic carbocycles. The number of aromatic nitrogens is 4. The van der Waals surface area contributed by atoms with Crippen molar-refractivity contribution in [2.75, 3.05) is 0 Å². The Labute approximate surface area is 108 Å². The lowest BCUT2D eigenvalue weighted by Crippen LogP contribution is -2.10. The SMILES string of the molecule is NC(=O)c1ccc2nn(Cc3ncccn3)cc2c1. The van der Waals surface area contributed by atoms with Crippen LogP contribution >= 0.6 is 0 Å². The molecule has 6 heteroatoms. The number of hydrogen-bond donors (Lipinski definition) is 1. The summed E-state index contributed by atoms with van der Waals surface area (Å²) in [7, 11) is 0. The molecular formula is C13H11N5O. The topological polar surface area (TPSA) is 86.7 Å². The Balaban J connectivity index is 1.95. The lowest BCUT2D eigenvalue weighted by atomic mass is 10.1. The molecule has 0 aliphatic carbocycles. The third-order valence-corrected chi connectivity index (χ3v) is 2.76. The number of nitrogens with two attached hydrogens (primary N) is 1. The number of fused-ring (bicyclic) bond motifs is 1. The Morgan fingerprint density at radius 2 is 2.05 bits per heavy atom. The molecule has 3 aromatic rings. The summed E-state index contributed by atoms with van der Waals surface area (Å²) >= 11 is 0. The van der Waals surface area contributed by atoms with E-state index in [0.29, 0.717) is 17.9 Å². The average molecular weight is 253 g/mol. The van der Waals surface area contributed by atoms with Crippen LogP contribution in [0, 0.1) is 0 Å². The van der Waals surface area contributed by atoms with Crippen molar-refractivity contribution in [3.8, 4) is 0 Å². The van der Waals surface area contributed by atoms with Crippen LogP contribution in [0.25, 0.3) is 10.9 Å². The zero-order valence-corrected chi connectivity index (χ0v) is 10.0. The second-order valence-corrected chi connectivity index (χ2v) is 4.13. The first-order valence-electron chi connectivity index (χ1n) is 5.75. The van der Waals surface area contributed by atoms with Crippen LogP contribution in [-0.4, -0.2) is 25.7 Å². The van der Waals surface area contributed by atoms with E-state index in [1.807, 2.05) is 6.20 Å². The summed E-state index contributed by atoms with van der Waals surface area (Å²) in [5.41, 5.74) is 6.53. The molecule has 0 aliphatic heterocycles. The van der Waals surface area contributed by atoms with Gasteiger partial charge in [-0.15, -0.1) is 0 Å². The summed E-state index contributed by atoms with van der Waals surface area (Å²) in [5, 5.41) is 5.26. The van der Waals surface area contributed by atoms with Gasteiger partial charge >= 0.3 is 0 Å². The minimum absolute atomic E-state index is 0.443. The molecule has 94 valence electrons. The third-order valence-electron chi connectivity index (χ3n) is 2.76. The molecule has 0 bridgehead atoms. The number of amides is 1. The van der Waals surface area contributed by atoms with E-state index in [2.05, 4.69) is 15.1 Å². The molecule has 1 amide bonds. The van der Waals surface area contributed by atoms with Gasteiger partial charge in [-0.2, -0.15) is 5.10 Å². The van der Waals surface area contributed by atoms with Gasteiger partial charge < -0.3 is 5.73 Å². The standard InChI is InChI=1S/C13H11N5O/c14-13(19)9-2-3-11-10(6-9)7-18(17-11)8-12-15-4-1-5-16-12/h1-7H,8H2,(H2,14,19). The first-order valence-corrected chi connectivity index (χ1v) is 5.75. The van der Waals surface area contributed by atoms with E-state index in [0.717, 1.165) is 10.9 Å². The molecule has 0 aliphatic rings. The number of carbonyl (C=O) groups excluding carboxylic acids is 1. The van der Waals surface area contributed by atoms with Gasteiger partial charge in [-0.25, -0.2) is 9.97 Å². The molecule has 0 saturated heterocycles. The van der Waals surface area contributed by atoms with Crippen molar-refractivity contribution >= 4 is 16.8 Å². The van der Waals surface area contributed by atoms with Crippen molar-refractivity contribution in [2.45, 2.75) is 6.54 Å². The van der Waals surface area contributed by atoms with Crippen LogP contribution in [0.2, 0.25) is 0 Å². The van der Waals surface area contributed by atoms with E-state index in [9.17, 15) is 4.79 Å². The fourth-order valence-electron chi connectivity index (χ4n) is 1.87. The highest BCUT2D eigenvalue weighted by Gasteiger charge is 2.06. The van der Waals surface area contributed by atoms with Gasteiger partial charge in [-0.1, -0.05) is 0 Å². The zero-order valence-electron chi connectivity index (χ0n) is 10.0. The van der Waals surface area contributed by atoms with Crippen LogP contribution in [-0.2, 0) is 6.54 Å². The van der Waals surface area contributed by atoms with E-state index >= 15 is 0 Å². The number of carbonyl (C=O) groups is 1. The van der Waals surface area contributed by atoms with Crippen molar-refractivity contribution in [2.24, 2.45) is 5.73 Å². The Bertz CT molecular complexity index is 735. The molecular weight excluding hydrogens is 242 g/mol. The summed E-state index contributed by atoms with van der Waals surface area (Å²) in [6.45, 7) is 0.488. The second kappa shape index (κ2) is 4.49. The maximum atomic E-state index is 11.1. The van der Waals surface area contributed by atoms with Crippen molar-refractivity contribution in [3.05, 3.63) is 54.2 Å². The third kappa shape index (κ3) is 2.28. The van der Waals surface area contributed by atoms with Crippen molar-refractivity contribution in [3.63, 3.8) is 0 Å². The highest BCUT2D eigenvalue weighted by molar-refractivity contribution is 5.96. The van der Waals surface area contributed by atoms with Gasteiger partial charge in [0.25, 0.3) is 0 Å². The highest BCUT2D eigenvalue weighted by Crippen LogP contribution is 2.14. The molecule has 2 heterocycles. The predicted molar refractivity (Wildman–Crippen MR) is 69.4 cm³/mol. The number of benzene rings is 1. The quantitative estimate of drug-likeness (QED) is 0.753. The van der Waals surface area contributed by atoms with E-state index < -0.39 is 5.91 Å². The lowest BCUT2D eigenvalue weighted by molar-refractivity contribution is 0.100. The summed E-state index contributed by atoms with van der Waals surface area (Å²) in [6, 6.07) is 6.94. The van der Waals surface area contributed by atoms with Gasteiger partial charge in [-0.05, 0) is 24.3 Å². The fourth-order valence-corrected chi connectivity index (χ4v) is 1.87. The van der Waals surface area contributed by atoms with Gasteiger partial charge in [0.05, 0.1) is 5.52 Å². The normalized spacial score (nSPS) is 10.7. The smallest absolute Gasteiger partial charge is 0.248 e. The summed E-state index contributed by atoms with van der Waals surface area (Å²) < 4.78 is 1.74. The fraction of sp³-hybridized carbons (Fsp3) is 0.0769. The van der Waals surface area contributed by atoms with E-state index in [1.54, 1.807) is 41.3 Å². The minimum atomic E-state index is -0.443. The molecule has 0 unspecified atom stereocenters. The summed E-state index contributed by atoms with van der Waals surface area (Å²) in [5.74, 6) is 0.242. The van der Waals surface area contributed by atoms with Gasteiger partial charge in [0.2, 0.25) is 5.91 Å². The Morgan fingerprint density at radius 1 is 1.26 bits per heavy atom. The van der Waals surface area contributed by atoms with Crippen molar-refractivity contribution < 1.29 is 4.79 Å². The molecule has 0 spiro atoms. The van der Waals surface area contributed by atoms with Crippen molar-refractivity contribution in [1.82, 2.24) is 19.7 Å². The molecule has 3 rings (SSSR count). The monoisotopic (exact) mass is 253 g/mol. The second-order valence-electron chi connectivity index (χ2n) is 4.13. The average Bonchev–Trinajstić information content (AvgIpc) is 2.80. The van der Waals surface area contributed by atoms with Crippen LogP contribution in [0.4, 0.5) is 0 Å². The Hall–Kier alpha value is -2.76. The molecule has 2 aromatic heterocycles. The largest absolute Gasteiger partial charge is 0.366 e. The number of rotatable bonds is 3. The van der Waals surface area contributed by atoms with Crippen molar-refractivity contribution in [1.29, 1.82) is 0 Å². The molecule has 0 saturated carbocycles. The van der Waals surface area contributed by atoms with Crippen LogP contribution in [0.3, 0.4) is 0 Å². The van der Waals surface area contributed by atoms with E-state index in [4.69, 9.17) is 5.73 Å². The van der Waals surface area contributed by atoms with Crippen LogP contribution < -0.4 is 5.73 Å². The minimum Gasteiger partial charge on any atom is -0.366 e. The van der Waals surface area contributed by atoms with E-state index in [1.165, 1.54) is 0 Å². The maximum absolute atomic E-state index is 11.1. The summed E-state index contributed by atoms with van der Waals surface area (Å²) in [4.78, 5) is 19.4. The number of nitrogens with zero attached hydrogens (tertiary/aromatic N) is 4. The van der Waals surface area contributed by atoms with Gasteiger partial charge in [0, 0.05) is 29.5 Å². The maximum Gasteiger partial charge on any atom is 0.248 e. The first-order chi connectivity index (χ1) is 9.22. The van der Waals surface area contributed by atoms with Crippen LogP contribution in [0.15, 0.2) is 42.9 Å². The highest BCUT2D eigenvalue weighted by atomic mass is 16.1. The summed E-state index contributed by atoms with van der Waals surface area (Å²) in [6.07, 6.45) is 5.23. The molecule has 0 radical (unpaired) electrons. The predicted octanol–water partition coefficient (Wildman–Crippen LogP) is 0.973. The molecule has 6 nitrogen and oxygen atoms in total. The first kappa shape index (κ1) is 11.3. The Kier molecular flexibility index (Phi) is 2.68. The number of hydrogen-bond acceptors (Lipinski definition) is 4. The van der Waals surface area contributed by atoms with E-state index in [-0.39, 0.29) is 0 Å². The van der Waals surface area contributed by atoms with Gasteiger partial charge in [0.1, 0.15) is 12.4 Å². The van der Waals surface area contributed by atoms with Crippen LogP contribution in [0.1, 0.15) is 16.2 Å². The molecule has 0 atom stereocenters. The molecule has 0 fully saturated rings. The van der Waals surface area contributed by atoms with Crippen LogP contribution in [0.5, 0.6) is 0 Å². The molecule has 19 heavy (non-hydrogen) atoms. The van der Waals surface area contributed by atoms with Gasteiger partial charge in [-0.3, -0.25) is 9.48 Å². The molecule has 2 N–H and O–H groups in total. The zero-order chi connectivity index (χ0) is 13.2. The Morgan fingerprint density at radius 3 is 2.79 bits per heavy atom.